The van der Waals surface area contributed by atoms with Gasteiger partial charge in [0.2, 0.25) is 5.60 Å². The van der Waals surface area contributed by atoms with Crippen molar-refractivity contribution in [1.29, 1.82) is 0 Å². The Morgan fingerprint density at radius 2 is 2.07 bits per heavy atom. The van der Waals surface area contributed by atoms with E-state index >= 15 is 0 Å². The number of aryl methyl sites for hydroxylation is 1. The first kappa shape index (κ1) is 18.8. The number of alkyl carbamates (subject to hydrolysis) is 1. The first-order valence-electron chi connectivity index (χ1n) is 8.67. The number of nitrogens with one attached hydrogen (secondary N) is 2. The van der Waals surface area contributed by atoms with Crippen molar-refractivity contribution in [1.82, 2.24) is 20.5 Å². The monoisotopic (exact) mass is 400 g/mol. The van der Waals surface area contributed by atoms with Crippen molar-refractivity contribution in [2.45, 2.75) is 25.6 Å². The molecule has 1 amide bonds. The van der Waals surface area contributed by atoms with E-state index in [0.717, 1.165) is 5.56 Å². The van der Waals surface area contributed by atoms with Crippen molar-refractivity contribution in [2.75, 3.05) is 6.54 Å². The predicted molar refractivity (Wildman–Crippen MR) is 98.7 cm³/mol. The second kappa shape index (κ2) is 6.51. The molecule has 1 unspecified atom stereocenters. The van der Waals surface area contributed by atoms with E-state index in [1.54, 1.807) is 25.1 Å². The average Bonchev–Trinajstić information content (AvgIpc) is 3.25. The van der Waals surface area contributed by atoms with Gasteiger partial charge in [-0.05, 0) is 43.0 Å². The lowest BCUT2D eigenvalue weighted by atomic mass is 9.89. The number of hydrogen-bond acceptors (Lipinski definition) is 4. The lowest BCUT2D eigenvalue weighted by molar-refractivity contribution is -0.139. The Morgan fingerprint density at radius 1 is 1.28 bits per heavy atom. The second-order valence-corrected chi connectivity index (χ2v) is 6.69. The lowest BCUT2D eigenvalue weighted by Gasteiger charge is -2.22. The number of fused-ring (bicyclic) bond motifs is 1. The molecule has 148 valence electrons. The normalized spacial score (nSPS) is 18.9. The predicted octanol–water partition coefficient (Wildman–Crippen LogP) is 3.91. The van der Waals surface area contributed by atoms with Gasteiger partial charge in [-0.15, -0.1) is 5.92 Å². The van der Waals surface area contributed by atoms with Crippen LogP contribution in [0, 0.1) is 18.8 Å². The summed E-state index contributed by atoms with van der Waals surface area (Å²) in [6, 6.07) is 6.73. The Bertz CT molecular complexity index is 1190. The van der Waals surface area contributed by atoms with Crippen LogP contribution in [0.3, 0.4) is 0 Å². The van der Waals surface area contributed by atoms with Crippen LogP contribution in [0.1, 0.15) is 23.7 Å². The molecule has 1 fully saturated rings. The van der Waals surface area contributed by atoms with Gasteiger partial charge in [0.25, 0.3) is 0 Å². The number of nitrogens with zero attached hydrogens (tertiary/aromatic N) is 2. The number of ether oxygens (including phenoxy) is 1. The van der Waals surface area contributed by atoms with Crippen molar-refractivity contribution in [2.24, 2.45) is 0 Å². The molecule has 1 aromatic carbocycles. The molecule has 0 radical (unpaired) electrons. The molecule has 0 aliphatic carbocycles. The highest BCUT2D eigenvalue weighted by Gasteiger charge is 2.41. The van der Waals surface area contributed by atoms with E-state index in [1.807, 2.05) is 12.0 Å². The Labute approximate surface area is 163 Å². The zero-order chi connectivity index (χ0) is 20.8. The number of aromatic nitrogens is 3. The first-order chi connectivity index (χ1) is 13.7. The summed E-state index contributed by atoms with van der Waals surface area (Å²) in [7, 11) is 0. The van der Waals surface area contributed by atoms with Crippen LogP contribution in [0.25, 0.3) is 22.2 Å². The summed E-state index contributed by atoms with van der Waals surface area (Å²) in [4.78, 5) is 15.6. The fraction of sp³-hybridized carbons (Fsp3) is 0.250. The van der Waals surface area contributed by atoms with Crippen LogP contribution in [0.15, 0.2) is 30.5 Å². The fourth-order valence-corrected chi connectivity index (χ4v) is 3.50. The van der Waals surface area contributed by atoms with Crippen LogP contribution in [0.5, 0.6) is 0 Å². The van der Waals surface area contributed by atoms with Crippen LogP contribution >= 0.6 is 0 Å². The van der Waals surface area contributed by atoms with Crippen molar-refractivity contribution >= 4 is 17.1 Å². The quantitative estimate of drug-likeness (QED) is 0.640. The van der Waals surface area contributed by atoms with Gasteiger partial charge >= 0.3 is 12.3 Å². The lowest BCUT2D eigenvalue weighted by Crippen LogP contribution is -2.28. The van der Waals surface area contributed by atoms with Gasteiger partial charge in [-0.2, -0.15) is 18.3 Å². The van der Waals surface area contributed by atoms with E-state index in [4.69, 9.17) is 4.74 Å². The largest absolute Gasteiger partial charge is 0.433 e. The highest BCUT2D eigenvalue weighted by Crippen LogP contribution is 2.39. The summed E-state index contributed by atoms with van der Waals surface area (Å²) >= 11 is 0. The minimum absolute atomic E-state index is 0.0325. The molecule has 0 bridgehead atoms. The Hall–Kier alpha value is -3.54. The molecule has 29 heavy (non-hydrogen) atoms. The molecule has 1 atom stereocenters. The van der Waals surface area contributed by atoms with Crippen molar-refractivity contribution in [3.8, 4) is 23.0 Å². The van der Waals surface area contributed by atoms with Crippen LogP contribution in [-0.2, 0) is 16.5 Å². The van der Waals surface area contributed by atoms with E-state index in [-0.39, 0.29) is 17.6 Å². The van der Waals surface area contributed by atoms with E-state index in [0.29, 0.717) is 16.7 Å². The van der Waals surface area contributed by atoms with Crippen LogP contribution in [0.2, 0.25) is 0 Å². The molecule has 1 saturated heterocycles. The molecule has 0 saturated carbocycles. The van der Waals surface area contributed by atoms with Gasteiger partial charge in [-0.25, -0.2) is 9.78 Å². The molecular weight excluding hydrogens is 385 g/mol. The van der Waals surface area contributed by atoms with Crippen LogP contribution in [0.4, 0.5) is 18.0 Å². The van der Waals surface area contributed by atoms with Gasteiger partial charge in [-0.1, -0.05) is 17.7 Å². The molecule has 1 aliphatic rings. The van der Waals surface area contributed by atoms with E-state index < -0.39 is 23.6 Å². The van der Waals surface area contributed by atoms with Gasteiger partial charge in [0.05, 0.1) is 11.9 Å². The van der Waals surface area contributed by atoms with E-state index in [1.165, 1.54) is 12.3 Å². The number of alkyl halides is 3. The first-order valence-corrected chi connectivity index (χ1v) is 8.67. The molecule has 2 N–H and O–H groups in total. The molecule has 1 aliphatic heterocycles. The number of hydrogen-bond donors (Lipinski definition) is 2. The maximum Gasteiger partial charge on any atom is 0.433 e. The second-order valence-electron chi connectivity index (χ2n) is 6.69. The molecule has 0 spiro atoms. The number of amides is 1. The van der Waals surface area contributed by atoms with Gasteiger partial charge in [0.15, 0.2) is 5.65 Å². The summed E-state index contributed by atoms with van der Waals surface area (Å²) in [6.45, 7) is 3.57. The number of aromatic amines is 1. The number of pyridine rings is 1. The third-order valence-corrected chi connectivity index (χ3v) is 4.67. The molecule has 3 aromatic rings. The summed E-state index contributed by atoms with van der Waals surface area (Å²) < 4.78 is 45.9. The average molecular weight is 400 g/mol. The zero-order valence-corrected chi connectivity index (χ0v) is 15.4. The number of H-pyrrole nitrogens is 1. The number of cyclic esters (lactones) is 1. The van der Waals surface area contributed by atoms with Gasteiger partial charge in [-0.3, -0.25) is 5.10 Å². The Kier molecular flexibility index (Phi) is 4.22. The van der Waals surface area contributed by atoms with Gasteiger partial charge in [0, 0.05) is 11.8 Å². The van der Waals surface area contributed by atoms with Gasteiger partial charge in [0.1, 0.15) is 5.69 Å². The summed E-state index contributed by atoms with van der Waals surface area (Å²) in [6.07, 6.45) is -3.81. The van der Waals surface area contributed by atoms with E-state index in [9.17, 15) is 18.0 Å². The standard InChI is InChI=1S/C20H15F3N4O2/c1-3-5-19(10-25-18(28)29-19)13-8-11(2)7-12(9-13)14-4-6-24-17-15(14)16(26-27-17)20(21,22)23/h4,6-9H,10H2,1-2H3,(H,25,28)(H,24,26,27). The minimum atomic E-state index is -4.61. The van der Waals surface area contributed by atoms with Crippen molar-refractivity contribution < 1.29 is 22.7 Å². The molecule has 6 nitrogen and oxygen atoms in total. The maximum absolute atomic E-state index is 13.5. The third kappa shape index (κ3) is 3.16. The topological polar surface area (TPSA) is 79.9 Å². The number of carbonyl (C=O) groups excluding carboxylic acids is 1. The van der Waals surface area contributed by atoms with Crippen LogP contribution < -0.4 is 5.32 Å². The highest BCUT2D eigenvalue weighted by molar-refractivity contribution is 5.95. The van der Waals surface area contributed by atoms with Crippen LogP contribution in [-0.4, -0.2) is 27.8 Å². The molecule has 2 aromatic heterocycles. The smallest absolute Gasteiger partial charge is 0.423 e. The molecule has 3 heterocycles. The van der Waals surface area contributed by atoms with E-state index in [2.05, 4.69) is 27.2 Å². The Morgan fingerprint density at radius 3 is 2.72 bits per heavy atom. The molecule has 4 rings (SSSR count). The van der Waals surface area contributed by atoms with Crippen molar-refractivity contribution in [3.63, 3.8) is 0 Å². The zero-order valence-electron chi connectivity index (χ0n) is 15.4. The number of carbonyl (C=O) groups is 1. The van der Waals surface area contributed by atoms with Gasteiger partial charge < -0.3 is 10.1 Å². The SMILES string of the molecule is CC#CC1(c2cc(C)cc(-c3ccnc4n[nH]c(C(F)(F)F)c34)c2)CNC(=O)O1. The summed E-state index contributed by atoms with van der Waals surface area (Å²) in [5.41, 5.74) is -0.0212. The Balaban J connectivity index is 1.95. The van der Waals surface area contributed by atoms with Crippen molar-refractivity contribution in [3.05, 3.63) is 47.3 Å². The number of benzene rings is 1. The molecule has 9 heteroatoms. The highest BCUT2D eigenvalue weighted by atomic mass is 19.4. The fourth-order valence-electron chi connectivity index (χ4n) is 3.50. The molecular formula is C20H15F3N4O2. The summed E-state index contributed by atoms with van der Waals surface area (Å²) in [5.74, 6) is 5.67. The minimum Gasteiger partial charge on any atom is -0.423 e. The number of halogens is 3. The third-order valence-electron chi connectivity index (χ3n) is 4.67. The maximum atomic E-state index is 13.5. The number of rotatable bonds is 2. The summed E-state index contributed by atoms with van der Waals surface area (Å²) in [5, 5.41) is 8.20.